The number of likely N-dealkylation sites (tertiary alicyclic amines) is 1. The quantitative estimate of drug-likeness (QED) is 0.930. The molecule has 1 aliphatic heterocycles. The number of nitrogens with zero attached hydrogens (tertiary/aromatic N) is 1. The molecular weight excluding hydrogens is 290 g/mol. The molecule has 0 bridgehead atoms. The molecule has 16 heavy (non-hydrogen) atoms. The van der Waals surface area contributed by atoms with Gasteiger partial charge in [0.25, 0.3) is 0 Å². The first-order valence-corrected chi connectivity index (χ1v) is 6.98. The van der Waals surface area contributed by atoms with Crippen LogP contribution in [-0.2, 0) is 4.79 Å². The number of carbonyl (C=O) groups is 1. The van der Waals surface area contributed by atoms with E-state index in [1.807, 2.05) is 12.1 Å². The smallest absolute Gasteiger partial charge is 0.313 e. The van der Waals surface area contributed by atoms with Crippen LogP contribution in [0.3, 0.4) is 0 Å². The molecule has 0 radical (unpaired) electrons. The van der Waals surface area contributed by atoms with Crippen LogP contribution >= 0.6 is 27.3 Å². The first-order chi connectivity index (χ1) is 7.66. The maximum absolute atomic E-state index is 11.3. The molecule has 88 valence electrons. The van der Waals surface area contributed by atoms with E-state index in [-0.39, 0.29) is 5.92 Å². The first kappa shape index (κ1) is 12.1. The van der Waals surface area contributed by atoms with Crippen LogP contribution in [0.1, 0.15) is 23.6 Å². The minimum absolute atomic E-state index is 0.380. The summed E-state index contributed by atoms with van der Waals surface area (Å²) < 4.78 is 0.996. The van der Waals surface area contributed by atoms with E-state index < -0.39 is 5.97 Å². The predicted octanol–water partition coefficient (Wildman–Crippen LogP) is 2.77. The van der Waals surface area contributed by atoms with Gasteiger partial charge in [-0.1, -0.05) is 0 Å². The fourth-order valence-electron chi connectivity index (χ4n) is 2.03. The fraction of sp³-hybridized carbons (Fsp3) is 0.545. The van der Waals surface area contributed by atoms with Crippen molar-refractivity contribution in [2.24, 2.45) is 0 Å². The minimum Gasteiger partial charge on any atom is -0.481 e. The molecule has 0 aliphatic carbocycles. The zero-order chi connectivity index (χ0) is 11.5. The Labute approximate surface area is 107 Å². The summed E-state index contributed by atoms with van der Waals surface area (Å²) in [6.07, 6.45) is 2.39. The summed E-state index contributed by atoms with van der Waals surface area (Å²) in [6.45, 7) is 2.72. The second kappa shape index (κ2) is 5.29. The highest BCUT2D eigenvalue weighted by Crippen LogP contribution is 2.30. The van der Waals surface area contributed by atoms with Gasteiger partial charge in [-0.3, -0.25) is 4.79 Å². The summed E-state index contributed by atoms with van der Waals surface area (Å²) >= 11 is 4.89. The van der Waals surface area contributed by atoms with E-state index in [1.165, 1.54) is 24.2 Å². The average molecular weight is 304 g/mol. The van der Waals surface area contributed by atoms with Gasteiger partial charge in [-0.15, -0.1) is 11.3 Å². The van der Waals surface area contributed by atoms with E-state index in [2.05, 4.69) is 20.8 Å². The maximum atomic E-state index is 11.3. The number of halogens is 1. The summed E-state index contributed by atoms with van der Waals surface area (Å²) in [5, 5.41) is 9.26. The second-order valence-electron chi connectivity index (χ2n) is 4.04. The number of rotatable bonds is 4. The minimum atomic E-state index is -0.721. The van der Waals surface area contributed by atoms with E-state index in [1.54, 1.807) is 0 Å². The standard InChI is InChI=1S/C11H14BrNO2S/c12-10-4-3-9(16-10)8(11(14)15)7-13-5-1-2-6-13/h3-4,8H,1-2,5-7H2,(H,14,15). The molecular formula is C11H14BrNO2S. The SMILES string of the molecule is O=C(O)C(CN1CCCC1)c1ccc(Br)s1. The van der Waals surface area contributed by atoms with Crippen LogP contribution in [0.2, 0.25) is 0 Å². The van der Waals surface area contributed by atoms with Crippen LogP contribution in [0, 0.1) is 0 Å². The molecule has 1 aromatic heterocycles. The van der Waals surface area contributed by atoms with Crippen LogP contribution in [0.5, 0.6) is 0 Å². The Kier molecular flexibility index (Phi) is 4.00. The number of aliphatic carboxylic acids is 1. The van der Waals surface area contributed by atoms with Crippen molar-refractivity contribution in [3.8, 4) is 0 Å². The molecule has 2 rings (SSSR count). The van der Waals surface area contributed by atoms with E-state index in [0.717, 1.165) is 21.8 Å². The molecule has 3 nitrogen and oxygen atoms in total. The molecule has 0 aromatic carbocycles. The van der Waals surface area contributed by atoms with Gasteiger partial charge in [-0.2, -0.15) is 0 Å². The van der Waals surface area contributed by atoms with Gasteiger partial charge in [-0.25, -0.2) is 0 Å². The Morgan fingerprint density at radius 2 is 2.19 bits per heavy atom. The number of hydrogen-bond acceptors (Lipinski definition) is 3. The first-order valence-electron chi connectivity index (χ1n) is 5.37. The van der Waals surface area contributed by atoms with Gasteiger partial charge in [-0.05, 0) is 54.0 Å². The largest absolute Gasteiger partial charge is 0.481 e. The number of carboxylic acids is 1. The van der Waals surface area contributed by atoms with Gasteiger partial charge in [0.15, 0.2) is 0 Å². The Bertz CT molecular complexity index is 374. The highest BCUT2D eigenvalue weighted by Gasteiger charge is 2.25. The number of thiophene rings is 1. The second-order valence-corrected chi connectivity index (χ2v) is 6.54. The van der Waals surface area contributed by atoms with E-state index in [9.17, 15) is 9.90 Å². The Balaban J connectivity index is 2.07. The van der Waals surface area contributed by atoms with Crippen LogP contribution in [0.15, 0.2) is 15.9 Å². The lowest BCUT2D eigenvalue weighted by atomic mass is 10.1. The van der Waals surface area contributed by atoms with Crippen molar-refractivity contribution in [3.63, 3.8) is 0 Å². The van der Waals surface area contributed by atoms with Crippen molar-refractivity contribution in [3.05, 3.63) is 20.8 Å². The van der Waals surface area contributed by atoms with Gasteiger partial charge in [0, 0.05) is 11.4 Å². The van der Waals surface area contributed by atoms with Gasteiger partial charge >= 0.3 is 5.97 Å². The van der Waals surface area contributed by atoms with Gasteiger partial charge < -0.3 is 10.0 Å². The maximum Gasteiger partial charge on any atom is 0.313 e. The monoisotopic (exact) mass is 303 g/mol. The molecule has 1 aromatic rings. The lowest BCUT2D eigenvalue weighted by Crippen LogP contribution is -2.29. The highest BCUT2D eigenvalue weighted by atomic mass is 79.9. The van der Waals surface area contributed by atoms with Crippen molar-refractivity contribution in [1.29, 1.82) is 0 Å². The normalized spacial score (nSPS) is 18.8. The van der Waals surface area contributed by atoms with Gasteiger partial charge in [0.2, 0.25) is 0 Å². The number of hydrogen-bond donors (Lipinski definition) is 1. The summed E-state index contributed by atoms with van der Waals surface area (Å²) in [5.74, 6) is -1.10. The third kappa shape index (κ3) is 2.84. The lowest BCUT2D eigenvalue weighted by Gasteiger charge is -2.19. The van der Waals surface area contributed by atoms with Gasteiger partial charge in [0.05, 0.1) is 3.79 Å². The highest BCUT2D eigenvalue weighted by molar-refractivity contribution is 9.11. The Morgan fingerprint density at radius 3 is 2.69 bits per heavy atom. The van der Waals surface area contributed by atoms with Gasteiger partial charge in [0.1, 0.15) is 5.92 Å². The molecule has 1 N–H and O–H groups in total. The van der Waals surface area contributed by atoms with E-state index in [4.69, 9.17) is 0 Å². The van der Waals surface area contributed by atoms with Crippen molar-refractivity contribution in [2.45, 2.75) is 18.8 Å². The molecule has 0 amide bonds. The average Bonchev–Trinajstić information content (AvgIpc) is 2.84. The van der Waals surface area contributed by atoms with Crippen LogP contribution in [0.4, 0.5) is 0 Å². The lowest BCUT2D eigenvalue weighted by molar-refractivity contribution is -0.139. The van der Waals surface area contributed by atoms with Crippen molar-refractivity contribution >= 4 is 33.2 Å². The van der Waals surface area contributed by atoms with E-state index in [0.29, 0.717) is 6.54 Å². The molecule has 0 spiro atoms. The molecule has 1 aliphatic rings. The molecule has 5 heteroatoms. The summed E-state index contributed by atoms with van der Waals surface area (Å²) in [5.41, 5.74) is 0. The molecule has 2 heterocycles. The molecule has 1 saturated heterocycles. The van der Waals surface area contributed by atoms with E-state index >= 15 is 0 Å². The molecule has 1 unspecified atom stereocenters. The third-order valence-corrected chi connectivity index (χ3v) is 4.61. The summed E-state index contributed by atoms with van der Waals surface area (Å²) in [6, 6.07) is 3.82. The molecule has 1 atom stereocenters. The van der Waals surface area contributed by atoms with Crippen LogP contribution in [-0.4, -0.2) is 35.6 Å². The van der Waals surface area contributed by atoms with Crippen LogP contribution in [0.25, 0.3) is 0 Å². The van der Waals surface area contributed by atoms with Crippen molar-refractivity contribution in [1.82, 2.24) is 4.90 Å². The third-order valence-electron chi connectivity index (χ3n) is 2.87. The fourth-order valence-corrected chi connectivity index (χ4v) is 3.54. The Hall–Kier alpha value is -0.390. The predicted molar refractivity (Wildman–Crippen MR) is 68.1 cm³/mol. The van der Waals surface area contributed by atoms with Crippen molar-refractivity contribution in [2.75, 3.05) is 19.6 Å². The Morgan fingerprint density at radius 1 is 1.50 bits per heavy atom. The topological polar surface area (TPSA) is 40.5 Å². The summed E-state index contributed by atoms with van der Waals surface area (Å²) in [7, 11) is 0. The number of carboxylic acid groups (broad SMARTS) is 1. The zero-order valence-electron chi connectivity index (χ0n) is 8.86. The van der Waals surface area contributed by atoms with Crippen LogP contribution < -0.4 is 0 Å². The summed E-state index contributed by atoms with van der Waals surface area (Å²) in [4.78, 5) is 14.4. The van der Waals surface area contributed by atoms with Crippen molar-refractivity contribution < 1.29 is 9.90 Å². The molecule has 1 fully saturated rings. The zero-order valence-corrected chi connectivity index (χ0v) is 11.3. The molecule has 0 saturated carbocycles.